The maximum atomic E-state index is 5.63. The minimum absolute atomic E-state index is 0.400. The van der Waals surface area contributed by atoms with Crippen LogP contribution in [0.25, 0.3) is 0 Å². The fourth-order valence-electron chi connectivity index (χ4n) is 2.76. The van der Waals surface area contributed by atoms with Gasteiger partial charge in [0.05, 0.1) is 0 Å². The highest BCUT2D eigenvalue weighted by molar-refractivity contribution is 7.80. The smallest absolute Gasteiger partial charge is 0.163 e. The van der Waals surface area contributed by atoms with Gasteiger partial charge in [0.2, 0.25) is 0 Å². The summed E-state index contributed by atoms with van der Waals surface area (Å²) in [6.07, 6.45) is 6.28. The van der Waals surface area contributed by atoms with Crippen LogP contribution in [0, 0.1) is 0 Å². The third kappa shape index (κ3) is 3.43. The molecule has 0 aliphatic heterocycles. The van der Waals surface area contributed by atoms with Crippen LogP contribution in [0.2, 0.25) is 0 Å². The number of benzene rings is 1. The topological polar surface area (TPSA) is 38.0 Å². The van der Waals surface area contributed by atoms with Gasteiger partial charge in [0.25, 0.3) is 0 Å². The molecule has 0 aromatic heterocycles. The van der Waals surface area contributed by atoms with Crippen LogP contribution >= 0.6 is 12.2 Å². The van der Waals surface area contributed by atoms with Gasteiger partial charge in [-0.3, -0.25) is 0 Å². The van der Waals surface area contributed by atoms with Gasteiger partial charge in [-0.1, -0.05) is 49.6 Å². The second-order valence-electron chi connectivity index (χ2n) is 4.77. The summed E-state index contributed by atoms with van der Waals surface area (Å²) in [5, 5.41) is 3.71. The van der Waals surface area contributed by atoms with Crippen LogP contribution in [0.15, 0.2) is 30.3 Å². The summed E-state index contributed by atoms with van der Waals surface area (Å²) in [6, 6.07) is 11.1. The first-order chi connectivity index (χ1) is 8.27. The van der Waals surface area contributed by atoms with Gasteiger partial charge in [0.15, 0.2) is 5.11 Å². The molecule has 92 valence electrons. The van der Waals surface area contributed by atoms with Crippen molar-refractivity contribution in [3.05, 3.63) is 35.9 Å². The standard InChI is InChI=1S/C14H20N2S/c15-14(17)16-13-10-6-2-5-9-12(13)11-7-3-1-4-8-11/h1,3-4,7-8,12-13H,2,5-6,9-10H2,(H3,15,16,17)/t12-,13-/m1/s1. The number of hydrogen-bond acceptors (Lipinski definition) is 1. The van der Waals surface area contributed by atoms with Crippen LogP contribution < -0.4 is 11.1 Å². The molecule has 0 heterocycles. The Balaban J connectivity index is 2.17. The number of nitrogens with one attached hydrogen (secondary N) is 1. The number of hydrogen-bond donors (Lipinski definition) is 2. The average molecular weight is 248 g/mol. The fraction of sp³-hybridized carbons (Fsp3) is 0.500. The van der Waals surface area contributed by atoms with Gasteiger partial charge in [-0.25, -0.2) is 0 Å². The second kappa shape index (κ2) is 6.01. The Kier molecular flexibility index (Phi) is 4.37. The predicted octanol–water partition coefficient (Wildman–Crippen LogP) is 2.94. The van der Waals surface area contributed by atoms with Crippen LogP contribution in [0.4, 0.5) is 0 Å². The van der Waals surface area contributed by atoms with Crippen LogP contribution in [-0.4, -0.2) is 11.2 Å². The number of rotatable bonds is 2. The Morgan fingerprint density at radius 2 is 1.82 bits per heavy atom. The van der Waals surface area contributed by atoms with E-state index < -0.39 is 0 Å². The fourth-order valence-corrected chi connectivity index (χ4v) is 2.91. The lowest BCUT2D eigenvalue weighted by Crippen LogP contribution is -2.41. The molecule has 0 radical (unpaired) electrons. The molecule has 1 aliphatic carbocycles. The van der Waals surface area contributed by atoms with Crippen molar-refractivity contribution < 1.29 is 0 Å². The second-order valence-corrected chi connectivity index (χ2v) is 5.21. The lowest BCUT2D eigenvalue weighted by molar-refractivity contribution is 0.467. The van der Waals surface area contributed by atoms with E-state index in [4.69, 9.17) is 18.0 Å². The van der Waals surface area contributed by atoms with E-state index in [-0.39, 0.29) is 0 Å². The van der Waals surface area contributed by atoms with Crippen molar-refractivity contribution in [2.45, 2.75) is 44.1 Å². The summed E-state index contributed by atoms with van der Waals surface area (Å²) in [5.74, 6) is 0.542. The highest BCUT2D eigenvalue weighted by Gasteiger charge is 2.24. The number of nitrogens with two attached hydrogens (primary N) is 1. The molecule has 1 aliphatic rings. The molecule has 3 N–H and O–H groups in total. The molecule has 0 amide bonds. The minimum Gasteiger partial charge on any atom is -0.376 e. The predicted molar refractivity (Wildman–Crippen MR) is 76.0 cm³/mol. The molecule has 1 aromatic carbocycles. The zero-order valence-electron chi connectivity index (χ0n) is 10.1. The molecular formula is C14H20N2S. The van der Waals surface area contributed by atoms with Crippen molar-refractivity contribution in [3.63, 3.8) is 0 Å². The first-order valence-corrected chi connectivity index (χ1v) is 6.79. The van der Waals surface area contributed by atoms with Crippen LogP contribution in [0.5, 0.6) is 0 Å². The van der Waals surface area contributed by atoms with E-state index in [0.717, 1.165) is 6.42 Å². The first-order valence-electron chi connectivity index (χ1n) is 6.38. The van der Waals surface area contributed by atoms with Crippen molar-refractivity contribution in [2.75, 3.05) is 0 Å². The van der Waals surface area contributed by atoms with Crippen LogP contribution in [0.1, 0.15) is 43.6 Å². The van der Waals surface area contributed by atoms with Gasteiger partial charge < -0.3 is 11.1 Å². The third-order valence-electron chi connectivity index (χ3n) is 3.57. The maximum Gasteiger partial charge on any atom is 0.163 e. The SMILES string of the molecule is NC(=S)N[C@@H]1CCCCC[C@@H]1c1ccccc1. The quantitative estimate of drug-likeness (QED) is 0.624. The van der Waals surface area contributed by atoms with E-state index in [0.29, 0.717) is 17.1 Å². The summed E-state index contributed by atoms with van der Waals surface area (Å²) in [4.78, 5) is 0. The molecule has 1 fully saturated rings. The molecule has 1 saturated carbocycles. The van der Waals surface area contributed by atoms with Crippen molar-refractivity contribution in [3.8, 4) is 0 Å². The largest absolute Gasteiger partial charge is 0.376 e. The van der Waals surface area contributed by atoms with Crippen molar-refractivity contribution >= 4 is 17.3 Å². The molecular weight excluding hydrogens is 228 g/mol. The van der Waals surface area contributed by atoms with E-state index in [1.54, 1.807) is 0 Å². The summed E-state index contributed by atoms with van der Waals surface area (Å²) in [7, 11) is 0. The van der Waals surface area contributed by atoms with Gasteiger partial charge >= 0.3 is 0 Å². The number of thiocarbonyl (C=S) groups is 1. The van der Waals surface area contributed by atoms with Gasteiger partial charge in [-0.15, -0.1) is 0 Å². The Labute approximate surface area is 109 Å². The van der Waals surface area contributed by atoms with Crippen LogP contribution in [0.3, 0.4) is 0 Å². The van der Waals surface area contributed by atoms with Gasteiger partial charge in [-0.2, -0.15) is 0 Å². The van der Waals surface area contributed by atoms with E-state index in [1.807, 2.05) is 0 Å². The first kappa shape index (κ1) is 12.4. The monoisotopic (exact) mass is 248 g/mol. The minimum atomic E-state index is 0.400. The summed E-state index contributed by atoms with van der Waals surface area (Å²) in [5.41, 5.74) is 7.04. The summed E-state index contributed by atoms with van der Waals surface area (Å²) < 4.78 is 0. The van der Waals surface area contributed by atoms with E-state index in [2.05, 4.69) is 35.6 Å². The highest BCUT2D eigenvalue weighted by Crippen LogP contribution is 2.31. The molecule has 1 aromatic rings. The lowest BCUT2D eigenvalue weighted by atomic mass is 9.88. The van der Waals surface area contributed by atoms with E-state index in [1.165, 1.54) is 31.2 Å². The molecule has 0 saturated heterocycles. The van der Waals surface area contributed by atoms with E-state index in [9.17, 15) is 0 Å². The molecule has 2 rings (SSSR count). The normalized spacial score (nSPS) is 24.9. The Morgan fingerprint density at radius 3 is 2.53 bits per heavy atom. The van der Waals surface area contributed by atoms with Crippen molar-refractivity contribution in [1.82, 2.24) is 5.32 Å². The molecule has 3 heteroatoms. The molecule has 0 unspecified atom stereocenters. The zero-order chi connectivity index (χ0) is 12.1. The molecule has 2 nitrogen and oxygen atoms in total. The Hall–Kier alpha value is -1.09. The molecule has 0 bridgehead atoms. The van der Waals surface area contributed by atoms with E-state index >= 15 is 0 Å². The zero-order valence-corrected chi connectivity index (χ0v) is 10.9. The Morgan fingerprint density at radius 1 is 1.12 bits per heavy atom. The lowest BCUT2D eigenvalue weighted by Gasteiger charge is -2.26. The van der Waals surface area contributed by atoms with Gasteiger partial charge in [0, 0.05) is 12.0 Å². The highest BCUT2D eigenvalue weighted by atomic mass is 32.1. The third-order valence-corrected chi connectivity index (χ3v) is 3.69. The Bertz CT molecular complexity index is 364. The van der Waals surface area contributed by atoms with Gasteiger partial charge in [-0.05, 0) is 30.6 Å². The average Bonchev–Trinajstić information content (AvgIpc) is 2.55. The van der Waals surface area contributed by atoms with Crippen LogP contribution in [-0.2, 0) is 0 Å². The van der Waals surface area contributed by atoms with Gasteiger partial charge in [0.1, 0.15) is 0 Å². The summed E-state index contributed by atoms with van der Waals surface area (Å²) >= 11 is 4.99. The van der Waals surface area contributed by atoms with Crippen molar-refractivity contribution in [2.24, 2.45) is 5.73 Å². The molecule has 0 spiro atoms. The molecule has 2 atom stereocenters. The van der Waals surface area contributed by atoms with Crippen molar-refractivity contribution in [1.29, 1.82) is 0 Å². The maximum absolute atomic E-state index is 5.63. The molecule has 17 heavy (non-hydrogen) atoms. The summed E-state index contributed by atoms with van der Waals surface area (Å²) in [6.45, 7) is 0.